The van der Waals surface area contributed by atoms with Crippen LogP contribution in [0.25, 0.3) is 0 Å². The summed E-state index contributed by atoms with van der Waals surface area (Å²) in [4.78, 5) is 0. The molecule has 0 fully saturated rings. The first-order chi connectivity index (χ1) is 6.65. The van der Waals surface area contributed by atoms with Gasteiger partial charge in [-0.1, -0.05) is 15.9 Å². The number of hydrogen-bond donors (Lipinski definition) is 1. The minimum atomic E-state index is -0.0785. The molecule has 0 saturated carbocycles. The Morgan fingerprint density at radius 2 is 2.07 bits per heavy atom. The molecule has 1 nitrogen and oxygen atoms in total. The molecule has 1 aromatic rings. The Labute approximate surface area is 92.6 Å². The molecule has 0 amide bonds. The molecular weight excluding hydrogens is 245 g/mol. The molecule has 0 radical (unpaired) electrons. The molecule has 0 saturated heterocycles. The second kappa shape index (κ2) is 5.47. The molecule has 0 aliphatic rings. The van der Waals surface area contributed by atoms with Crippen LogP contribution in [-0.4, -0.2) is 6.54 Å². The van der Waals surface area contributed by atoms with E-state index in [4.69, 9.17) is 5.73 Å². The largest absolute Gasteiger partial charge is 0.330 e. The van der Waals surface area contributed by atoms with Crippen LogP contribution in [-0.2, 0) is 6.42 Å². The number of nitrogens with two attached hydrogens (primary N) is 1. The standard InChI is InChI=1S/C11H15BrFN/c1-8-6-10(12)7-9(11(8)13)4-2-3-5-14/h6-7H,2-5,14H2,1H3. The van der Waals surface area contributed by atoms with Crippen molar-refractivity contribution < 1.29 is 4.39 Å². The van der Waals surface area contributed by atoms with E-state index in [1.165, 1.54) is 0 Å². The molecule has 3 heteroatoms. The maximum absolute atomic E-state index is 13.6. The van der Waals surface area contributed by atoms with Crippen molar-refractivity contribution in [1.82, 2.24) is 0 Å². The van der Waals surface area contributed by atoms with E-state index in [9.17, 15) is 4.39 Å². The summed E-state index contributed by atoms with van der Waals surface area (Å²) >= 11 is 3.36. The van der Waals surface area contributed by atoms with Crippen LogP contribution >= 0.6 is 15.9 Å². The van der Waals surface area contributed by atoms with Gasteiger partial charge in [0.25, 0.3) is 0 Å². The first-order valence-corrected chi connectivity index (χ1v) is 5.59. The normalized spacial score (nSPS) is 10.6. The van der Waals surface area contributed by atoms with Gasteiger partial charge in [-0.3, -0.25) is 0 Å². The van der Waals surface area contributed by atoms with Crippen LogP contribution in [0.2, 0.25) is 0 Å². The number of hydrogen-bond acceptors (Lipinski definition) is 1. The lowest BCUT2D eigenvalue weighted by Gasteiger charge is -2.06. The molecule has 0 bridgehead atoms. The van der Waals surface area contributed by atoms with E-state index < -0.39 is 0 Å². The number of benzene rings is 1. The van der Waals surface area contributed by atoms with Gasteiger partial charge in [-0.25, -0.2) is 4.39 Å². The Kier molecular flexibility index (Phi) is 4.55. The summed E-state index contributed by atoms with van der Waals surface area (Å²) in [7, 11) is 0. The number of aryl methyl sites for hydroxylation is 2. The molecule has 1 aromatic carbocycles. The van der Waals surface area contributed by atoms with Gasteiger partial charge in [-0.05, 0) is 56.0 Å². The Balaban J connectivity index is 2.75. The summed E-state index contributed by atoms with van der Waals surface area (Å²) < 4.78 is 14.5. The molecule has 1 rings (SSSR count). The SMILES string of the molecule is Cc1cc(Br)cc(CCCCN)c1F. The Morgan fingerprint density at radius 3 is 2.71 bits per heavy atom. The molecule has 2 N–H and O–H groups in total. The molecule has 0 atom stereocenters. The quantitative estimate of drug-likeness (QED) is 0.827. The van der Waals surface area contributed by atoms with Gasteiger partial charge in [-0.2, -0.15) is 0 Å². The highest BCUT2D eigenvalue weighted by atomic mass is 79.9. The summed E-state index contributed by atoms with van der Waals surface area (Å²) in [5.74, 6) is -0.0785. The zero-order chi connectivity index (χ0) is 10.6. The van der Waals surface area contributed by atoms with Crippen molar-refractivity contribution in [2.75, 3.05) is 6.54 Å². The molecular formula is C11H15BrFN. The lowest BCUT2D eigenvalue weighted by molar-refractivity contribution is 0.592. The van der Waals surface area contributed by atoms with E-state index in [-0.39, 0.29) is 5.82 Å². The minimum absolute atomic E-state index is 0.0785. The van der Waals surface area contributed by atoms with E-state index in [0.29, 0.717) is 12.1 Å². The average Bonchev–Trinajstić information content (AvgIpc) is 2.13. The summed E-state index contributed by atoms with van der Waals surface area (Å²) in [5.41, 5.74) is 6.87. The monoisotopic (exact) mass is 259 g/mol. The molecule has 0 heterocycles. The van der Waals surface area contributed by atoms with Gasteiger partial charge in [0.15, 0.2) is 0 Å². The van der Waals surface area contributed by atoms with Gasteiger partial charge >= 0.3 is 0 Å². The molecule has 78 valence electrons. The molecule has 0 unspecified atom stereocenters. The van der Waals surface area contributed by atoms with Gasteiger partial charge in [-0.15, -0.1) is 0 Å². The van der Waals surface area contributed by atoms with Crippen LogP contribution < -0.4 is 5.73 Å². The Morgan fingerprint density at radius 1 is 1.36 bits per heavy atom. The van der Waals surface area contributed by atoms with Crippen molar-refractivity contribution in [1.29, 1.82) is 0 Å². The lowest BCUT2D eigenvalue weighted by atomic mass is 10.0. The molecule has 0 aliphatic heterocycles. The highest BCUT2D eigenvalue weighted by molar-refractivity contribution is 9.10. The Bertz CT molecular complexity index is 312. The zero-order valence-corrected chi connectivity index (χ0v) is 9.90. The fourth-order valence-corrected chi connectivity index (χ4v) is 2.06. The van der Waals surface area contributed by atoms with Crippen molar-refractivity contribution in [3.05, 3.63) is 33.5 Å². The number of rotatable bonds is 4. The highest BCUT2D eigenvalue weighted by Crippen LogP contribution is 2.21. The van der Waals surface area contributed by atoms with E-state index in [1.54, 1.807) is 13.0 Å². The lowest BCUT2D eigenvalue weighted by Crippen LogP contribution is -2.00. The fourth-order valence-electron chi connectivity index (χ4n) is 1.44. The predicted molar refractivity (Wildman–Crippen MR) is 60.8 cm³/mol. The van der Waals surface area contributed by atoms with E-state index >= 15 is 0 Å². The second-order valence-electron chi connectivity index (χ2n) is 3.44. The van der Waals surface area contributed by atoms with Crippen LogP contribution in [0.4, 0.5) is 4.39 Å². The van der Waals surface area contributed by atoms with Gasteiger partial charge in [0.1, 0.15) is 5.82 Å². The summed E-state index contributed by atoms with van der Waals surface area (Å²) in [6, 6.07) is 3.64. The highest BCUT2D eigenvalue weighted by Gasteiger charge is 2.06. The average molecular weight is 260 g/mol. The topological polar surface area (TPSA) is 26.0 Å². The van der Waals surface area contributed by atoms with E-state index in [2.05, 4.69) is 15.9 Å². The summed E-state index contributed by atoms with van der Waals surface area (Å²) in [5, 5.41) is 0. The van der Waals surface area contributed by atoms with Crippen molar-refractivity contribution in [2.45, 2.75) is 26.2 Å². The molecule has 14 heavy (non-hydrogen) atoms. The van der Waals surface area contributed by atoms with Crippen molar-refractivity contribution in [3.63, 3.8) is 0 Å². The first kappa shape index (κ1) is 11.7. The van der Waals surface area contributed by atoms with Crippen LogP contribution in [0, 0.1) is 12.7 Å². The maximum atomic E-state index is 13.6. The van der Waals surface area contributed by atoms with E-state index in [0.717, 1.165) is 29.3 Å². The zero-order valence-electron chi connectivity index (χ0n) is 8.32. The third-order valence-corrected chi connectivity index (χ3v) is 2.65. The van der Waals surface area contributed by atoms with Gasteiger partial charge < -0.3 is 5.73 Å². The van der Waals surface area contributed by atoms with E-state index in [1.807, 2.05) is 6.07 Å². The predicted octanol–water partition coefficient (Wildman–Crippen LogP) is 3.18. The number of halogens is 2. The third kappa shape index (κ3) is 3.07. The molecule has 0 spiro atoms. The van der Waals surface area contributed by atoms with Gasteiger partial charge in [0.2, 0.25) is 0 Å². The first-order valence-electron chi connectivity index (χ1n) is 4.79. The Hall–Kier alpha value is -0.410. The molecule has 0 aromatic heterocycles. The van der Waals surface area contributed by atoms with Crippen LogP contribution in [0.5, 0.6) is 0 Å². The molecule has 0 aliphatic carbocycles. The van der Waals surface area contributed by atoms with Gasteiger partial charge in [0, 0.05) is 4.47 Å². The van der Waals surface area contributed by atoms with Crippen LogP contribution in [0.1, 0.15) is 24.0 Å². The van der Waals surface area contributed by atoms with Gasteiger partial charge in [0.05, 0.1) is 0 Å². The van der Waals surface area contributed by atoms with Crippen molar-refractivity contribution in [2.24, 2.45) is 5.73 Å². The van der Waals surface area contributed by atoms with Crippen LogP contribution in [0.15, 0.2) is 16.6 Å². The summed E-state index contributed by atoms with van der Waals surface area (Å²) in [6.45, 7) is 2.46. The smallest absolute Gasteiger partial charge is 0.129 e. The second-order valence-corrected chi connectivity index (χ2v) is 4.36. The minimum Gasteiger partial charge on any atom is -0.330 e. The number of unbranched alkanes of at least 4 members (excludes halogenated alkanes) is 1. The summed E-state index contributed by atoms with van der Waals surface area (Å²) in [6.07, 6.45) is 2.66. The fraction of sp³-hybridized carbons (Fsp3) is 0.455. The van der Waals surface area contributed by atoms with Crippen LogP contribution in [0.3, 0.4) is 0 Å². The maximum Gasteiger partial charge on any atom is 0.129 e. The third-order valence-electron chi connectivity index (χ3n) is 2.19. The van der Waals surface area contributed by atoms with Crippen molar-refractivity contribution >= 4 is 15.9 Å². The van der Waals surface area contributed by atoms with Crippen molar-refractivity contribution in [3.8, 4) is 0 Å².